The van der Waals surface area contributed by atoms with E-state index in [-0.39, 0.29) is 5.91 Å². The van der Waals surface area contributed by atoms with Crippen LogP contribution in [0.3, 0.4) is 0 Å². The lowest BCUT2D eigenvalue weighted by Crippen LogP contribution is -2.36. The van der Waals surface area contributed by atoms with Crippen LogP contribution >= 0.6 is 0 Å². The molecule has 0 spiro atoms. The average molecular weight is 226 g/mol. The van der Waals surface area contributed by atoms with Crippen molar-refractivity contribution >= 4 is 5.91 Å². The van der Waals surface area contributed by atoms with Gasteiger partial charge in [0.05, 0.1) is 19.4 Å². The number of ether oxygens (including phenoxy) is 1. The number of furan rings is 1. The predicted octanol–water partition coefficient (Wildman–Crippen LogP) is 0.174. The minimum Gasteiger partial charge on any atom is -0.469 e. The first-order valence-corrected chi connectivity index (χ1v) is 5.31. The van der Waals surface area contributed by atoms with E-state index < -0.39 is 0 Å². The summed E-state index contributed by atoms with van der Waals surface area (Å²) in [6.07, 6.45) is 2.35. The third kappa shape index (κ3) is 5.53. The van der Waals surface area contributed by atoms with Crippen molar-refractivity contribution in [3.8, 4) is 0 Å². The van der Waals surface area contributed by atoms with Crippen molar-refractivity contribution in [3.05, 3.63) is 24.2 Å². The SMILES string of the molecule is COCCNCC(=O)NCCc1ccco1. The van der Waals surface area contributed by atoms with Crippen molar-refractivity contribution in [1.82, 2.24) is 10.6 Å². The molecule has 0 aliphatic heterocycles. The minimum absolute atomic E-state index is 0.0114. The predicted molar refractivity (Wildman–Crippen MR) is 60.2 cm³/mol. The molecule has 90 valence electrons. The Balaban J connectivity index is 1.98. The van der Waals surface area contributed by atoms with Gasteiger partial charge in [0, 0.05) is 26.6 Å². The Morgan fingerprint density at radius 3 is 3.06 bits per heavy atom. The molecule has 0 radical (unpaired) electrons. The maximum atomic E-state index is 11.3. The highest BCUT2D eigenvalue weighted by atomic mass is 16.5. The van der Waals surface area contributed by atoms with E-state index in [2.05, 4.69) is 10.6 Å². The molecular weight excluding hydrogens is 208 g/mol. The van der Waals surface area contributed by atoms with Crippen LogP contribution in [0.25, 0.3) is 0 Å². The lowest BCUT2D eigenvalue weighted by molar-refractivity contribution is -0.120. The van der Waals surface area contributed by atoms with Crippen molar-refractivity contribution in [2.45, 2.75) is 6.42 Å². The highest BCUT2D eigenvalue weighted by molar-refractivity contribution is 5.77. The zero-order valence-electron chi connectivity index (χ0n) is 9.49. The molecule has 0 aromatic carbocycles. The third-order valence-corrected chi connectivity index (χ3v) is 2.04. The summed E-state index contributed by atoms with van der Waals surface area (Å²) in [5.74, 6) is 0.871. The number of amides is 1. The molecule has 16 heavy (non-hydrogen) atoms. The number of nitrogens with one attached hydrogen (secondary N) is 2. The van der Waals surface area contributed by atoms with Crippen LogP contribution in [0.2, 0.25) is 0 Å². The molecular formula is C11H18N2O3. The van der Waals surface area contributed by atoms with Crippen molar-refractivity contribution in [2.75, 3.05) is 33.4 Å². The van der Waals surface area contributed by atoms with Crippen LogP contribution in [-0.2, 0) is 16.0 Å². The molecule has 1 aromatic heterocycles. The van der Waals surface area contributed by atoms with E-state index in [4.69, 9.17) is 9.15 Å². The van der Waals surface area contributed by atoms with E-state index in [0.717, 1.165) is 12.2 Å². The van der Waals surface area contributed by atoms with Crippen LogP contribution in [0.4, 0.5) is 0 Å². The van der Waals surface area contributed by atoms with Crippen LogP contribution in [0, 0.1) is 0 Å². The number of methoxy groups -OCH3 is 1. The molecule has 0 fully saturated rings. The first-order valence-electron chi connectivity index (χ1n) is 5.31. The maximum absolute atomic E-state index is 11.3. The van der Waals surface area contributed by atoms with Crippen LogP contribution in [-0.4, -0.2) is 39.3 Å². The average Bonchev–Trinajstić information content (AvgIpc) is 2.77. The summed E-state index contributed by atoms with van der Waals surface area (Å²) in [5.41, 5.74) is 0. The van der Waals surface area contributed by atoms with Crippen molar-refractivity contribution in [1.29, 1.82) is 0 Å². The van der Waals surface area contributed by atoms with Gasteiger partial charge in [-0.2, -0.15) is 0 Å². The Morgan fingerprint density at radius 2 is 2.38 bits per heavy atom. The molecule has 5 nitrogen and oxygen atoms in total. The molecule has 0 aliphatic carbocycles. The number of carbonyl (C=O) groups excluding carboxylic acids is 1. The van der Waals surface area contributed by atoms with Gasteiger partial charge in [-0.05, 0) is 12.1 Å². The Hall–Kier alpha value is -1.33. The molecule has 1 aromatic rings. The molecule has 0 saturated heterocycles. The third-order valence-electron chi connectivity index (χ3n) is 2.04. The molecule has 1 rings (SSSR count). The normalized spacial score (nSPS) is 10.3. The van der Waals surface area contributed by atoms with Gasteiger partial charge in [0.1, 0.15) is 5.76 Å². The summed E-state index contributed by atoms with van der Waals surface area (Å²) < 4.78 is 9.99. The number of rotatable bonds is 8. The van der Waals surface area contributed by atoms with E-state index in [1.54, 1.807) is 13.4 Å². The van der Waals surface area contributed by atoms with Crippen LogP contribution in [0.15, 0.2) is 22.8 Å². The molecule has 2 N–H and O–H groups in total. The molecule has 0 atom stereocenters. The number of carbonyl (C=O) groups is 1. The van der Waals surface area contributed by atoms with Gasteiger partial charge >= 0.3 is 0 Å². The summed E-state index contributed by atoms with van der Waals surface area (Å²) in [6.45, 7) is 2.21. The van der Waals surface area contributed by atoms with Gasteiger partial charge in [0.15, 0.2) is 0 Å². The Kier molecular flexibility index (Phi) is 6.29. The standard InChI is InChI=1S/C11H18N2O3/c1-15-8-6-12-9-11(14)13-5-4-10-3-2-7-16-10/h2-3,7,12H,4-6,8-9H2,1H3,(H,13,14). The summed E-state index contributed by atoms with van der Waals surface area (Å²) in [4.78, 5) is 11.3. The molecule has 0 unspecified atom stereocenters. The van der Waals surface area contributed by atoms with Crippen LogP contribution < -0.4 is 10.6 Å². The van der Waals surface area contributed by atoms with Gasteiger partial charge in [0.25, 0.3) is 0 Å². The van der Waals surface area contributed by atoms with Crippen LogP contribution in [0.5, 0.6) is 0 Å². The van der Waals surface area contributed by atoms with E-state index in [1.165, 1.54) is 0 Å². The Morgan fingerprint density at radius 1 is 1.50 bits per heavy atom. The molecule has 1 heterocycles. The zero-order chi connectivity index (χ0) is 11.6. The molecule has 0 aliphatic rings. The molecule has 0 bridgehead atoms. The second kappa shape index (κ2) is 7.90. The van der Waals surface area contributed by atoms with Crippen molar-refractivity contribution < 1.29 is 13.9 Å². The zero-order valence-corrected chi connectivity index (χ0v) is 9.49. The smallest absolute Gasteiger partial charge is 0.233 e. The van der Waals surface area contributed by atoms with E-state index in [9.17, 15) is 4.79 Å². The van der Waals surface area contributed by atoms with Crippen molar-refractivity contribution in [3.63, 3.8) is 0 Å². The summed E-state index contributed by atoms with van der Waals surface area (Å²) >= 11 is 0. The molecule has 5 heteroatoms. The first kappa shape index (κ1) is 12.7. The second-order valence-corrected chi connectivity index (χ2v) is 3.35. The van der Waals surface area contributed by atoms with E-state index in [0.29, 0.717) is 26.2 Å². The second-order valence-electron chi connectivity index (χ2n) is 3.35. The minimum atomic E-state index is -0.0114. The van der Waals surface area contributed by atoms with E-state index in [1.807, 2.05) is 12.1 Å². The van der Waals surface area contributed by atoms with Crippen molar-refractivity contribution in [2.24, 2.45) is 0 Å². The highest BCUT2D eigenvalue weighted by Crippen LogP contribution is 1.99. The van der Waals surface area contributed by atoms with Gasteiger partial charge in [-0.3, -0.25) is 4.79 Å². The number of hydrogen-bond donors (Lipinski definition) is 2. The van der Waals surface area contributed by atoms with Gasteiger partial charge in [-0.25, -0.2) is 0 Å². The van der Waals surface area contributed by atoms with Gasteiger partial charge < -0.3 is 19.8 Å². The Bertz CT molecular complexity index is 285. The summed E-state index contributed by atoms with van der Waals surface area (Å²) in [6, 6.07) is 3.73. The fraction of sp³-hybridized carbons (Fsp3) is 0.545. The maximum Gasteiger partial charge on any atom is 0.233 e. The van der Waals surface area contributed by atoms with Gasteiger partial charge in [0.2, 0.25) is 5.91 Å². The topological polar surface area (TPSA) is 63.5 Å². The quantitative estimate of drug-likeness (QED) is 0.620. The van der Waals surface area contributed by atoms with Gasteiger partial charge in [-0.1, -0.05) is 0 Å². The highest BCUT2D eigenvalue weighted by Gasteiger charge is 2.00. The number of hydrogen-bond acceptors (Lipinski definition) is 4. The monoisotopic (exact) mass is 226 g/mol. The van der Waals surface area contributed by atoms with E-state index >= 15 is 0 Å². The largest absolute Gasteiger partial charge is 0.469 e. The van der Waals surface area contributed by atoms with Crippen LogP contribution in [0.1, 0.15) is 5.76 Å². The first-order chi connectivity index (χ1) is 7.83. The summed E-state index contributed by atoms with van der Waals surface area (Å²) in [7, 11) is 1.63. The summed E-state index contributed by atoms with van der Waals surface area (Å²) in [5, 5.41) is 5.76. The lowest BCUT2D eigenvalue weighted by atomic mass is 10.3. The lowest BCUT2D eigenvalue weighted by Gasteiger charge is -2.05. The molecule has 0 saturated carbocycles. The fourth-order valence-electron chi connectivity index (χ4n) is 1.22. The fourth-order valence-corrected chi connectivity index (χ4v) is 1.22. The molecule has 1 amide bonds. The van der Waals surface area contributed by atoms with Gasteiger partial charge in [-0.15, -0.1) is 0 Å². The Labute approximate surface area is 95.2 Å².